The van der Waals surface area contributed by atoms with E-state index in [4.69, 9.17) is 16.6 Å². The Bertz CT molecular complexity index is 1180. The van der Waals surface area contributed by atoms with E-state index in [-0.39, 0.29) is 12.3 Å². The number of hydrogen-bond donors (Lipinski definition) is 1. The Morgan fingerprint density at radius 3 is 2.75 bits per heavy atom. The molecule has 0 unspecified atom stereocenters. The fraction of sp³-hybridized carbons (Fsp3) is 0.130. The summed E-state index contributed by atoms with van der Waals surface area (Å²) in [4.78, 5) is 17.2. The topological polar surface area (TPSA) is 46.4 Å². The fourth-order valence-corrected chi connectivity index (χ4v) is 3.35. The zero-order chi connectivity index (χ0) is 19.7. The first kappa shape index (κ1) is 18.3. The highest BCUT2D eigenvalue weighted by Crippen LogP contribution is 2.26. The van der Waals surface area contributed by atoms with Gasteiger partial charge in [-0.3, -0.25) is 4.79 Å². The summed E-state index contributed by atoms with van der Waals surface area (Å²) in [6, 6.07) is 17.5. The molecule has 4 nitrogen and oxygen atoms in total. The van der Waals surface area contributed by atoms with Crippen LogP contribution in [0.25, 0.3) is 16.9 Å². The third kappa shape index (κ3) is 3.78. The molecule has 5 heteroatoms. The lowest BCUT2D eigenvalue weighted by molar-refractivity contribution is -0.115. The number of fused-ring (bicyclic) bond motifs is 1. The summed E-state index contributed by atoms with van der Waals surface area (Å²) in [6.45, 7) is 4.02. The Labute approximate surface area is 168 Å². The van der Waals surface area contributed by atoms with Gasteiger partial charge in [-0.25, -0.2) is 4.98 Å². The first-order valence-corrected chi connectivity index (χ1v) is 9.47. The van der Waals surface area contributed by atoms with Crippen molar-refractivity contribution < 1.29 is 4.79 Å². The van der Waals surface area contributed by atoms with Crippen molar-refractivity contribution in [2.24, 2.45) is 0 Å². The van der Waals surface area contributed by atoms with Crippen molar-refractivity contribution >= 4 is 28.8 Å². The highest BCUT2D eigenvalue weighted by Gasteiger charge is 2.11. The van der Waals surface area contributed by atoms with Crippen LogP contribution in [0.2, 0.25) is 5.02 Å². The maximum absolute atomic E-state index is 12.5. The molecule has 4 rings (SSSR count). The second-order valence-corrected chi connectivity index (χ2v) is 7.35. The van der Waals surface area contributed by atoms with Gasteiger partial charge in [0.15, 0.2) is 0 Å². The molecule has 0 saturated carbocycles. The van der Waals surface area contributed by atoms with Crippen molar-refractivity contribution in [3.63, 3.8) is 0 Å². The highest BCUT2D eigenvalue weighted by molar-refractivity contribution is 6.31. The van der Waals surface area contributed by atoms with Gasteiger partial charge in [-0.05, 0) is 54.8 Å². The van der Waals surface area contributed by atoms with E-state index in [1.807, 2.05) is 79.2 Å². The van der Waals surface area contributed by atoms with Gasteiger partial charge in [0.1, 0.15) is 5.65 Å². The molecule has 0 atom stereocenters. The number of benzene rings is 2. The SMILES string of the molecule is Cc1ccn2cc(-c3ccc(C)c(NC(=O)Cc4ccccc4Cl)c3)nc2c1. The molecule has 2 heterocycles. The zero-order valence-corrected chi connectivity index (χ0v) is 16.5. The van der Waals surface area contributed by atoms with Crippen LogP contribution in [-0.4, -0.2) is 15.3 Å². The number of hydrogen-bond acceptors (Lipinski definition) is 2. The summed E-state index contributed by atoms with van der Waals surface area (Å²) in [5, 5.41) is 3.61. The third-order valence-corrected chi connectivity index (χ3v) is 5.10. The van der Waals surface area contributed by atoms with Gasteiger partial charge in [0.2, 0.25) is 5.91 Å². The first-order valence-electron chi connectivity index (χ1n) is 9.09. The molecule has 0 spiro atoms. The average Bonchev–Trinajstić information content (AvgIpc) is 3.08. The number of pyridine rings is 1. The van der Waals surface area contributed by atoms with Crippen LogP contribution in [0.15, 0.2) is 67.0 Å². The largest absolute Gasteiger partial charge is 0.326 e. The van der Waals surface area contributed by atoms with Crippen molar-refractivity contribution in [2.45, 2.75) is 20.3 Å². The molecular formula is C23H20ClN3O. The third-order valence-electron chi connectivity index (χ3n) is 4.73. The monoisotopic (exact) mass is 389 g/mol. The van der Waals surface area contributed by atoms with Gasteiger partial charge in [-0.1, -0.05) is 41.9 Å². The number of anilines is 1. The molecule has 0 bridgehead atoms. The minimum Gasteiger partial charge on any atom is -0.326 e. The number of halogens is 1. The fourth-order valence-electron chi connectivity index (χ4n) is 3.15. The highest BCUT2D eigenvalue weighted by atomic mass is 35.5. The summed E-state index contributed by atoms with van der Waals surface area (Å²) >= 11 is 6.17. The number of carbonyl (C=O) groups excluding carboxylic acids is 1. The molecule has 0 radical (unpaired) electrons. The van der Waals surface area contributed by atoms with Crippen LogP contribution in [0.4, 0.5) is 5.69 Å². The number of aryl methyl sites for hydroxylation is 2. The number of aromatic nitrogens is 2. The van der Waals surface area contributed by atoms with Crippen LogP contribution in [-0.2, 0) is 11.2 Å². The predicted octanol–water partition coefficient (Wildman–Crippen LogP) is 5.45. The number of nitrogens with zero attached hydrogens (tertiary/aromatic N) is 2. The molecule has 0 fully saturated rings. The van der Waals surface area contributed by atoms with Crippen molar-refractivity contribution in [3.8, 4) is 11.3 Å². The Kier molecular flexibility index (Phi) is 4.88. The van der Waals surface area contributed by atoms with Gasteiger partial charge in [0.25, 0.3) is 0 Å². The summed E-state index contributed by atoms with van der Waals surface area (Å²) in [6.07, 6.45) is 4.23. The molecule has 2 aromatic carbocycles. The lowest BCUT2D eigenvalue weighted by atomic mass is 10.1. The molecule has 0 aliphatic rings. The predicted molar refractivity (Wildman–Crippen MR) is 114 cm³/mol. The van der Waals surface area contributed by atoms with E-state index < -0.39 is 0 Å². The molecule has 2 aromatic heterocycles. The van der Waals surface area contributed by atoms with Crippen LogP contribution >= 0.6 is 11.6 Å². The van der Waals surface area contributed by atoms with Crippen LogP contribution in [0, 0.1) is 13.8 Å². The Hall–Kier alpha value is -3.11. The molecule has 140 valence electrons. The van der Waals surface area contributed by atoms with Gasteiger partial charge >= 0.3 is 0 Å². The number of amides is 1. The minimum atomic E-state index is -0.0982. The van der Waals surface area contributed by atoms with E-state index in [9.17, 15) is 4.79 Å². The number of nitrogens with one attached hydrogen (secondary N) is 1. The quantitative estimate of drug-likeness (QED) is 0.504. The lowest BCUT2D eigenvalue weighted by Gasteiger charge is -2.10. The van der Waals surface area contributed by atoms with E-state index in [1.165, 1.54) is 5.56 Å². The molecule has 4 aromatic rings. The molecule has 0 saturated heterocycles. The Balaban J connectivity index is 1.59. The summed E-state index contributed by atoms with van der Waals surface area (Å²) < 4.78 is 2.00. The van der Waals surface area contributed by atoms with E-state index in [0.29, 0.717) is 5.02 Å². The van der Waals surface area contributed by atoms with Gasteiger partial charge in [-0.2, -0.15) is 0 Å². The standard InChI is InChI=1S/C23H20ClN3O/c1-15-9-10-27-14-21(25-22(27)11-15)18-8-7-16(2)20(12-18)26-23(28)13-17-5-3-4-6-19(17)24/h3-12,14H,13H2,1-2H3,(H,26,28). The van der Waals surface area contributed by atoms with Crippen molar-refractivity contribution in [1.29, 1.82) is 0 Å². The maximum atomic E-state index is 12.5. The van der Waals surface area contributed by atoms with Gasteiger partial charge in [0, 0.05) is 28.7 Å². The van der Waals surface area contributed by atoms with Gasteiger partial charge in [-0.15, -0.1) is 0 Å². The summed E-state index contributed by atoms with van der Waals surface area (Å²) in [5.74, 6) is -0.0982. The molecule has 0 aliphatic heterocycles. The average molecular weight is 390 g/mol. The van der Waals surface area contributed by atoms with E-state index in [2.05, 4.69) is 5.32 Å². The first-order chi connectivity index (χ1) is 13.5. The number of rotatable bonds is 4. The normalized spacial score (nSPS) is 11.0. The lowest BCUT2D eigenvalue weighted by Crippen LogP contribution is -2.15. The molecule has 1 amide bonds. The van der Waals surface area contributed by atoms with Gasteiger partial charge in [0.05, 0.1) is 12.1 Å². The zero-order valence-electron chi connectivity index (χ0n) is 15.7. The van der Waals surface area contributed by atoms with Crippen LogP contribution in [0.5, 0.6) is 0 Å². The summed E-state index contributed by atoms with van der Waals surface area (Å²) in [7, 11) is 0. The second-order valence-electron chi connectivity index (χ2n) is 6.94. The number of carbonyl (C=O) groups is 1. The van der Waals surface area contributed by atoms with Crippen LogP contribution in [0.1, 0.15) is 16.7 Å². The number of imidazole rings is 1. The van der Waals surface area contributed by atoms with Crippen molar-refractivity contribution in [2.75, 3.05) is 5.32 Å². The van der Waals surface area contributed by atoms with E-state index in [1.54, 1.807) is 6.07 Å². The van der Waals surface area contributed by atoms with Crippen molar-refractivity contribution in [1.82, 2.24) is 9.38 Å². The van der Waals surface area contributed by atoms with Gasteiger partial charge < -0.3 is 9.72 Å². The minimum absolute atomic E-state index is 0.0982. The van der Waals surface area contributed by atoms with E-state index in [0.717, 1.165) is 33.7 Å². The second kappa shape index (κ2) is 7.49. The molecule has 1 N–H and O–H groups in total. The molecular weight excluding hydrogens is 370 g/mol. The Morgan fingerprint density at radius 1 is 1.11 bits per heavy atom. The van der Waals surface area contributed by atoms with Crippen molar-refractivity contribution in [3.05, 3.63) is 88.7 Å². The van der Waals surface area contributed by atoms with E-state index >= 15 is 0 Å². The smallest absolute Gasteiger partial charge is 0.228 e. The molecule has 28 heavy (non-hydrogen) atoms. The molecule has 0 aliphatic carbocycles. The van der Waals surface area contributed by atoms with Crippen LogP contribution in [0.3, 0.4) is 0 Å². The summed E-state index contributed by atoms with van der Waals surface area (Å²) in [5.41, 5.74) is 6.48. The Morgan fingerprint density at radius 2 is 1.93 bits per heavy atom. The maximum Gasteiger partial charge on any atom is 0.228 e. The van der Waals surface area contributed by atoms with Crippen LogP contribution < -0.4 is 5.32 Å².